The molecule has 2 rings (SSSR count). The standard InChI is InChI=1S/C11H17ClN4O/c1-15(2)11-13-4-3-10(14-11)16-5-6-17-9(7-12)8-16/h3-4,9H,5-8H2,1-2H3. The van der Waals surface area contributed by atoms with Gasteiger partial charge in [-0.1, -0.05) is 0 Å². The lowest BCUT2D eigenvalue weighted by Crippen LogP contribution is -2.43. The van der Waals surface area contributed by atoms with Gasteiger partial charge in [0.25, 0.3) is 0 Å². The van der Waals surface area contributed by atoms with Crippen LogP contribution in [0.4, 0.5) is 11.8 Å². The van der Waals surface area contributed by atoms with Crippen LogP contribution in [0.5, 0.6) is 0 Å². The molecule has 5 nitrogen and oxygen atoms in total. The van der Waals surface area contributed by atoms with Crippen LogP contribution in [0, 0.1) is 0 Å². The van der Waals surface area contributed by atoms with Gasteiger partial charge in [-0.3, -0.25) is 0 Å². The second-order valence-electron chi connectivity index (χ2n) is 4.20. The summed E-state index contributed by atoms with van der Waals surface area (Å²) in [6, 6.07) is 1.92. The Morgan fingerprint density at radius 2 is 2.41 bits per heavy atom. The van der Waals surface area contributed by atoms with Gasteiger partial charge in [0, 0.05) is 33.4 Å². The predicted molar refractivity (Wildman–Crippen MR) is 69.0 cm³/mol. The van der Waals surface area contributed by atoms with Crippen LogP contribution in [-0.4, -0.2) is 55.7 Å². The zero-order valence-electron chi connectivity index (χ0n) is 10.1. The van der Waals surface area contributed by atoms with Crippen molar-refractivity contribution < 1.29 is 4.74 Å². The molecule has 17 heavy (non-hydrogen) atoms. The summed E-state index contributed by atoms with van der Waals surface area (Å²) in [5.41, 5.74) is 0. The smallest absolute Gasteiger partial charge is 0.226 e. The summed E-state index contributed by atoms with van der Waals surface area (Å²) in [6.07, 6.45) is 1.87. The van der Waals surface area contributed by atoms with Crippen LogP contribution in [0.15, 0.2) is 12.3 Å². The van der Waals surface area contributed by atoms with Gasteiger partial charge in [0.15, 0.2) is 0 Å². The Hall–Kier alpha value is -1.07. The molecule has 1 aliphatic rings. The number of rotatable bonds is 3. The number of nitrogens with zero attached hydrogens (tertiary/aromatic N) is 4. The zero-order valence-corrected chi connectivity index (χ0v) is 10.9. The molecule has 1 fully saturated rings. The van der Waals surface area contributed by atoms with E-state index in [4.69, 9.17) is 16.3 Å². The molecule has 0 saturated carbocycles. The second kappa shape index (κ2) is 5.51. The highest BCUT2D eigenvalue weighted by Gasteiger charge is 2.21. The molecule has 0 spiro atoms. The Morgan fingerprint density at radius 1 is 1.59 bits per heavy atom. The van der Waals surface area contributed by atoms with E-state index < -0.39 is 0 Å². The van der Waals surface area contributed by atoms with E-state index in [1.165, 1.54) is 0 Å². The topological polar surface area (TPSA) is 41.5 Å². The summed E-state index contributed by atoms with van der Waals surface area (Å²) in [6.45, 7) is 2.32. The van der Waals surface area contributed by atoms with Crippen molar-refractivity contribution in [2.75, 3.05) is 49.5 Å². The molecule has 0 bridgehead atoms. The van der Waals surface area contributed by atoms with Gasteiger partial charge in [-0.15, -0.1) is 11.6 Å². The highest BCUT2D eigenvalue weighted by molar-refractivity contribution is 6.18. The third-order valence-corrected chi connectivity index (χ3v) is 3.01. The van der Waals surface area contributed by atoms with E-state index in [9.17, 15) is 0 Å². The molecule has 0 aliphatic carbocycles. The second-order valence-corrected chi connectivity index (χ2v) is 4.51. The lowest BCUT2D eigenvalue weighted by molar-refractivity contribution is 0.0552. The van der Waals surface area contributed by atoms with E-state index >= 15 is 0 Å². The minimum absolute atomic E-state index is 0.0863. The molecule has 2 heterocycles. The largest absolute Gasteiger partial charge is 0.373 e. The van der Waals surface area contributed by atoms with Crippen molar-refractivity contribution in [1.29, 1.82) is 0 Å². The van der Waals surface area contributed by atoms with Crippen molar-refractivity contribution in [2.24, 2.45) is 0 Å². The van der Waals surface area contributed by atoms with E-state index in [2.05, 4.69) is 14.9 Å². The third-order valence-electron chi connectivity index (χ3n) is 2.66. The monoisotopic (exact) mass is 256 g/mol. The predicted octanol–water partition coefficient (Wildman–Crippen LogP) is 0.987. The highest BCUT2D eigenvalue weighted by atomic mass is 35.5. The third kappa shape index (κ3) is 2.98. The SMILES string of the molecule is CN(C)c1nccc(N2CCOC(CCl)C2)n1. The lowest BCUT2D eigenvalue weighted by atomic mass is 10.3. The first-order valence-corrected chi connectivity index (χ1v) is 6.17. The van der Waals surface area contributed by atoms with E-state index in [0.29, 0.717) is 12.5 Å². The number of ether oxygens (including phenoxy) is 1. The van der Waals surface area contributed by atoms with Gasteiger partial charge in [0.05, 0.1) is 18.6 Å². The van der Waals surface area contributed by atoms with Crippen molar-refractivity contribution in [3.8, 4) is 0 Å². The Kier molecular flexibility index (Phi) is 4.02. The van der Waals surface area contributed by atoms with Crippen molar-refractivity contribution in [3.63, 3.8) is 0 Å². The molecule has 0 aromatic carbocycles. The minimum Gasteiger partial charge on any atom is -0.373 e. The fraction of sp³-hybridized carbons (Fsp3) is 0.636. The van der Waals surface area contributed by atoms with E-state index in [-0.39, 0.29) is 6.10 Å². The maximum absolute atomic E-state index is 5.82. The van der Waals surface area contributed by atoms with Crippen LogP contribution in [0.25, 0.3) is 0 Å². The van der Waals surface area contributed by atoms with Crippen LogP contribution in [0.3, 0.4) is 0 Å². The molecule has 1 aromatic heterocycles. The highest BCUT2D eigenvalue weighted by Crippen LogP contribution is 2.17. The molecule has 6 heteroatoms. The maximum Gasteiger partial charge on any atom is 0.226 e. The summed E-state index contributed by atoms with van der Waals surface area (Å²) in [4.78, 5) is 12.8. The molecular weight excluding hydrogens is 240 g/mol. The number of aromatic nitrogens is 2. The molecule has 1 aliphatic heterocycles. The molecular formula is C11H17ClN4O. The number of morpholine rings is 1. The van der Waals surface area contributed by atoms with E-state index in [1.807, 2.05) is 25.1 Å². The average Bonchev–Trinajstić information content (AvgIpc) is 2.39. The van der Waals surface area contributed by atoms with Gasteiger partial charge in [-0.25, -0.2) is 4.98 Å². The van der Waals surface area contributed by atoms with Crippen molar-refractivity contribution in [2.45, 2.75) is 6.10 Å². The molecule has 94 valence electrons. The Bertz CT molecular complexity index is 374. The number of hydrogen-bond donors (Lipinski definition) is 0. The van der Waals surface area contributed by atoms with Crippen LogP contribution in [-0.2, 0) is 4.74 Å². The molecule has 1 atom stereocenters. The summed E-state index contributed by atoms with van der Waals surface area (Å²) in [7, 11) is 3.86. The van der Waals surface area contributed by atoms with Crippen LogP contribution in [0.2, 0.25) is 0 Å². The molecule has 1 saturated heterocycles. The van der Waals surface area contributed by atoms with Crippen LogP contribution >= 0.6 is 11.6 Å². The van der Waals surface area contributed by atoms with Gasteiger partial charge in [0.1, 0.15) is 5.82 Å². The minimum atomic E-state index is 0.0863. The molecule has 0 radical (unpaired) electrons. The Balaban J connectivity index is 2.13. The van der Waals surface area contributed by atoms with Gasteiger partial charge in [-0.05, 0) is 6.07 Å². The Morgan fingerprint density at radius 3 is 3.12 bits per heavy atom. The fourth-order valence-electron chi connectivity index (χ4n) is 1.75. The quantitative estimate of drug-likeness (QED) is 0.755. The summed E-state index contributed by atoms with van der Waals surface area (Å²) in [5, 5.41) is 0. The van der Waals surface area contributed by atoms with Gasteiger partial charge >= 0.3 is 0 Å². The number of hydrogen-bond acceptors (Lipinski definition) is 5. The summed E-state index contributed by atoms with van der Waals surface area (Å²) >= 11 is 5.82. The Labute approximate surface area is 106 Å². The lowest BCUT2D eigenvalue weighted by Gasteiger charge is -2.33. The average molecular weight is 257 g/mol. The van der Waals surface area contributed by atoms with Crippen LogP contribution in [0.1, 0.15) is 0 Å². The fourth-order valence-corrected chi connectivity index (χ4v) is 1.94. The molecule has 1 aromatic rings. The van der Waals surface area contributed by atoms with Crippen molar-refractivity contribution in [3.05, 3.63) is 12.3 Å². The summed E-state index contributed by atoms with van der Waals surface area (Å²) in [5.74, 6) is 2.17. The zero-order chi connectivity index (χ0) is 12.3. The van der Waals surface area contributed by atoms with E-state index in [0.717, 1.165) is 24.9 Å². The van der Waals surface area contributed by atoms with E-state index in [1.54, 1.807) is 6.20 Å². The van der Waals surface area contributed by atoms with Gasteiger partial charge in [0.2, 0.25) is 5.95 Å². The van der Waals surface area contributed by atoms with Crippen molar-refractivity contribution >= 4 is 23.4 Å². The van der Waals surface area contributed by atoms with Crippen LogP contribution < -0.4 is 9.80 Å². The first-order valence-electron chi connectivity index (χ1n) is 5.63. The maximum atomic E-state index is 5.82. The first-order chi connectivity index (χ1) is 8.20. The number of halogens is 1. The molecule has 1 unspecified atom stereocenters. The normalized spacial score (nSPS) is 20.4. The van der Waals surface area contributed by atoms with Gasteiger partial charge < -0.3 is 14.5 Å². The van der Waals surface area contributed by atoms with Crippen molar-refractivity contribution in [1.82, 2.24) is 9.97 Å². The number of anilines is 2. The summed E-state index contributed by atoms with van der Waals surface area (Å²) < 4.78 is 5.53. The first kappa shape index (κ1) is 12.4. The molecule has 0 amide bonds. The molecule has 0 N–H and O–H groups in total. The number of alkyl halides is 1. The van der Waals surface area contributed by atoms with Gasteiger partial charge in [-0.2, -0.15) is 4.98 Å².